The van der Waals surface area contributed by atoms with Gasteiger partial charge in [0.1, 0.15) is 15.9 Å². The average Bonchev–Trinajstić information content (AvgIpc) is 3.27. The smallest absolute Gasteiger partial charge is 0.356 e. The van der Waals surface area contributed by atoms with E-state index in [1.165, 1.54) is 36.0 Å². The Hall–Kier alpha value is -3.04. The number of hydrogen-bond donors (Lipinski definition) is 4. The van der Waals surface area contributed by atoms with E-state index in [1.807, 2.05) is 47.4 Å². The monoisotopic (exact) mass is 595 g/mol. The van der Waals surface area contributed by atoms with Crippen LogP contribution in [0.4, 0.5) is 10.1 Å². The van der Waals surface area contributed by atoms with E-state index in [0.717, 1.165) is 5.69 Å². The van der Waals surface area contributed by atoms with Crippen molar-refractivity contribution < 1.29 is 29.0 Å². The largest absolute Gasteiger partial charge is 0.508 e. The molecule has 10 heteroatoms. The number of halogens is 1. The Morgan fingerprint density at radius 3 is 2.20 bits per heavy atom. The zero-order chi connectivity index (χ0) is 28.4. The molecule has 0 bridgehead atoms. The first-order valence-corrected chi connectivity index (χ1v) is 15.5. The first kappa shape index (κ1) is 28.5. The minimum atomic E-state index is -4.35. The molecule has 0 aromatic heterocycles. The van der Waals surface area contributed by atoms with Crippen LogP contribution in [0.25, 0.3) is 11.1 Å². The Kier molecular flexibility index (Phi) is 8.42. The van der Waals surface area contributed by atoms with E-state index in [-0.39, 0.29) is 28.2 Å². The van der Waals surface area contributed by atoms with Crippen LogP contribution in [0.3, 0.4) is 0 Å². The molecule has 1 fully saturated rings. The molecule has 1 aliphatic heterocycles. The highest BCUT2D eigenvalue weighted by molar-refractivity contribution is 8.24. The van der Waals surface area contributed by atoms with Crippen LogP contribution in [0, 0.1) is 5.82 Å². The Labute approximate surface area is 241 Å². The fourth-order valence-corrected chi connectivity index (χ4v) is 7.31. The summed E-state index contributed by atoms with van der Waals surface area (Å²) in [5.74, 6) is -0.292. The van der Waals surface area contributed by atoms with Gasteiger partial charge < -0.3 is 24.9 Å². The lowest BCUT2D eigenvalue weighted by Crippen LogP contribution is -2.29. The predicted octanol–water partition coefficient (Wildman–Crippen LogP) is 6.46. The molecule has 0 radical (unpaired) electrons. The lowest BCUT2D eigenvalue weighted by molar-refractivity contribution is 0.163. The SMILES string of the molecule is O=P(O)(O)c1ccc(-c2ccc(C3C(CCC(O)c4ccc(F)cc4)SC(=S)N3c3ccccc3)c(O)c2)cc1. The number of phenols is 1. The Morgan fingerprint density at radius 2 is 1.57 bits per heavy atom. The number of thioether (sulfide) groups is 1. The molecule has 3 unspecified atom stereocenters. The van der Waals surface area contributed by atoms with Crippen LogP contribution >= 0.6 is 31.6 Å². The van der Waals surface area contributed by atoms with Gasteiger partial charge in [-0.25, -0.2) is 4.39 Å². The molecule has 3 atom stereocenters. The molecule has 0 amide bonds. The van der Waals surface area contributed by atoms with Crippen LogP contribution in [0.2, 0.25) is 0 Å². The second kappa shape index (κ2) is 11.8. The number of phenolic OH excluding ortho intramolecular Hbond substituents is 1. The molecule has 1 saturated heterocycles. The number of anilines is 1. The Bertz CT molecular complexity index is 1550. The topological polar surface area (TPSA) is 101 Å². The molecule has 4 aromatic rings. The Balaban J connectivity index is 1.45. The molecule has 0 aliphatic carbocycles. The summed E-state index contributed by atoms with van der Waals surface area (Å²) in [6, 6.07) is 26.5. The summed E-state index contributed by atoms with van der Waals surface area (Å²) < 4.78 is 25.5. The first-order valence-electron chi connectivity index (χ1n) is 12.6. The van der Waals surface area contributed by atoms with Crippen molar-refractivity contribution >= 4 is 46.9 Å². The molecular formula is C30H27FNO5PS2. The summed E-state index contributed by atoms with van der Waals surface area (Å²) >= 11 is 7.32. The fraction of sp³-hybridized carbons (Fsp3) is 0.167. The van der Waals surface area contributed by atoms with E-state index in [4.69, 9.17) is 12.2 Å². The normalized spacial score (nSPS) is 18.2. The van der Waals surface area contributed by atoms with Gasteiger partial charge in [-0.2, -0.15) is 0 Å². The van der Waals surface area contributed by atoms with Crippen molar-refractivity contribution in [2.75, 3.05) is 4.90 Å². The maximum absolute atomic E-state index is 13.3. The van der Waals surface area contributed by atoms with Crippen molar-refractivity contribution in [1.29, 1.82) is 0 Å². The fourth-order valence-electron chi connectivity index (χ4n) is 4.94. The lowest BCUT2D eigenvalue weighted by Gasteiger charge is -2.30. The van der Waals surface area contributed by atoms with Gasteiger partial charge in [-0.15, -0.1) is 0 Å². The quantitative estimate of drug-likeness (QED) is 0.136. The number of aliphatic hydroxyl groups excluding tert-OH is 1. The summed E-state index contributed by atoms with van der Waals surface area (Å²) in [7, 11) is -4.35. The van der Waals surface area contributed by atoms with Gasteiger partial charge in [0.25, 0.3) is 0 Å². The van der Waals surface area contributed by atoms with Gasteiger partial charge in [-0.3, -0.25) is 4.57 Å². The second-order valence-corrected chi connectivity index (χ2v) is 13.1. The molecule has 5 rings (SSSR count). The molecule has 0 spiro atoms. The number of aliphatic hydroxyl groups is 1. The van der Waals surface area contributed by atoms with E-state index in [0.29, 0.717) is 39.4 Å². The summed E-state index contributed by atoms with van der Waals surface area (Å²) in [6.07, 6.45) is 0.242. The van der Waals surface area contributed by atoms with Crippen molar-refractivity contribution in [3.63, 3.8) is 0 Å². The van der Waals surface area contributed by atoms with E-state index < -0.39 is 13.7 Å². The molecule has 206 valence electrons. The first-order chi connectivity index (χ1) is 19.1. The van der Waals surface area contributed by atoms with Crippen LogP contribution in [0.15, 0.2) is 97.1 Å². The van der Waals surface area contributed by atoms with Gasteiger partial charge in [0.2, 0.25) is 0 Å². The van der Waals surface area contributed by atoms with Gasteiger partial charge in [-0.1, -0.05) is 78.6 Å². The predicted molar refractivity (Wildman–Crippen MR) is 161 cm³/mol. The van der Waals surface area contributed by atoms with Crippen molar-refractivity contribution in [2.24, 2.45) is 0 Å². The molecule has 6 nitrogen and oxygen atoms in total. The number of thiocarbonyl (C=S) groups is 1. The third-order valence-corrected chi connectivity index (χ3v) is 9.63. The van der Waals surface area contributed by atoms with E-state index >= 15 is 0 Å². The number of para-hydroxylation sites is 1. The maximum atomic E-state index is 13.3. The van der Waals surface area contributed by atoms with E-state index in [9.17, 15) is 29.0 Å². The lowest BCUT2D eigenvalue weighted by atomic mass is 9.93. The highest BCUT2D eigenvalue weighted by atomic mass is 32.2. The van der Waals surface area contributed by atoms with Crippen LogP contribution in [0.5, 0.6) is 5.75 Å². The summed E-state index contributed by atoms with van der Waals surface area (Å²) in [4.78, 5) is 20.8. The highest BCUT2D eigenvalue weighted by Gasteiger charge is 2.41. The molecular weight excluding hydrogens is 568 g/mol. The summed E-state index contributed by atoms with van der Waals surface area (Å²) in [5, 5.41) is 21.9. The second-order valence-electron chi connectivity index (χ2n) is 9.58. The zero-order valence-electron chi connectivity index (χ0n) is 21.2. The average molecular weight is 596 g/mol. The third-order valence-electron chi connectivity index (χ3n) is 6.98. The van der Waals surface area contributed by atoms with Gasteiger partial charge in [0.05, 0.1) is 17.5 Å². The standard InChI is InChI=1S/C30H27FNO5PS2/c31-22-11-6-20(7-12-22)26(33)16-17-28-29(32(30(39)40-28)23-4-2-1-3-5-23)25-15-10-21(18-27(25)34)19-8-13-24(14-9-19)38(35,36)37/h1-15,18,26,28-29,33-34H,16-17H2,(H2,35,36,37). The van der Waals surface area contributed by atoms with Crippen molar-refractivity contribution in [3.05, 3.63) is 114 Å². The van der Waals surface area contributed by atoms with Gasteiger partial charge >= 0.3 is 7.60 Å². The molecule has 40 heavy (non-hydrogen) atoms. The third kappa shape index (κ3) is 6.15. The number of hydrogen-bond acceptors (Lipinski definition) is 5. The van der Waals surface area contributed by atoms with Gasteiger partial charge in [-0.05, 0) is 72.0 Å². The highest BCUT2D eigenvalue weighted by Crippen LogP contribution is 2.49. The summed E-state index contributed by atoms with van der Waals surface area (Å²) in [5.41, 5.74) is 3.60. The zero-order valence-corrected chi connectivity index (χ0v) is 23.7. The van der Waals surface area contributed by atoms with Crippen molar-refractivity contribution in [2.45, 2.75) is 30.2 Å². The van der Waals surface area contributed by atoms with Gasteiger partial charge in [0, 0.05) is 16.5 Å². The molecule has 1 heterocycles. The van der Waals surface area contributed by atoms with E-state index in [1.54, 1.807) is 30.3 Å². The molecule has 4 N–H and O–H groups in total. The van der Waals surface area contributed by atoms with Crippen LogP contribution < -0.4 is 10.2 Å². The number of nitrogens with zero attached hydrogens (tertiary/aromatic N) is 1. The van der Waals surface area contributed by atoms with Crippen molar-refractivity contribution in [3.8, 4) is 16.9 Å². The molecule has 1 aliphatic rings. The van der Waals surface area contributed by atoms with Crippen LogP contribution in [-0.4, -0.2) is 29.6 Å². The van der Waals surface area contributed by atoms with Crippen LogP contribution in [0.1, 0.15) is 36.1 Å². The maximum Gasteiger partial charge on any atom is 0.356 e. The Morgan fingerprint density at radius 1 is 0.925 bits per heavy atom. The van der Waals surface area contributed by atoms with Crippen molar-refractivity contribution in [1.82, 2.24) is 0 Å². The van der Waals surface area contributed by atoms with Gasteiger partial charge in [0.15, 0.2) is 0 Å². The van der Waals surface area contributed by atoms with E-state index in [2.05, 4.69) is 0 Å². The number of aromatic hydroxyl groups is 1. The van der Waals surface area contributed by atoms with Crippen LogP contribution in [-0.2, 0) is 4.57 Å². The minimum Gasteiger partial charge on any atom is -0.508 e. The summed E-state index contributed by atoms with van der Waals surface area (Å²) in [6.45, 7) is 0. The molecule has 0 saturated carbocycles. The molecule has 4 aromatic carbocycles. The number of benzene rings is 4. The minimum absolute atomic E-state index is 0.0666. The number of rotatable bonds is 8.